The molecule has 0 unspecified atom stereocenters. The van der Waals surface area contributed by atoms with E-state index in [1.807, 2.05) is 45.0 Å². The highest BCUT2D eigenvalue weighted by atomic mass is 16.3. The largest absolute Gasteiger partial charge is 0.455 e. The van der Waals surface area contributed by atoms with Crippen molar-refractivity contribution < 1.29 is 11.7 Å². The number of pyridine rings is 1. The second-order valence-corrected chi connectivity index (χ2v) is 13.1. The molecule has 0 saturated carbocycles. The van der Waals surface area contributed by atoms with Crippen LogP contribution in [0.3, 0.4) is 0 Å². The molecule has 1 aliphatic rings. The minimum Gasteiger partial charge on any atom is -0.455 e. The van der Waals surface area contributed by atoms with Crippen LogP contribution in [0.15, 0.2) is 95.5 Å². The highest BCUT2D eigenvalue weighted by molar-refractivity contribution is 6.12. The summed E-state index contributed by atoms with van der Waals surface area (Å²) in [6, 6.07) is 29.9. The Morgan fingerprint density at radius 2 is 1.51 bits per heavy atom. The molecule has 0 atom stereocenters. The molecule has 0 spiro atoms. The van der Waals surface area contributed by atoms with Crippen LogP contribution in [0, 0.1) is 12.3 Å². The van der Waals surface area contributed by atoms with Crippen molar-refractivity contribution >= 4 is 21.9 Å². The molecule has 2 heteroatoms. The average Bonchev–Trinajstić information content (AvgIpc) is 3.45. The van der Waals surface area contributed by atoms with Crippen molar-refractivity contribution in [3.8, 4) is 33.5 Å². The molecule has 0 bridgehead atoms. The summed E-state index contributed by atoms with van der Waals surface area (Å²) in [5.41, 5.74) is 12.6. The van der Waals surface area contributed by atoms with Gasteiger partial charge in [0.1, 0.15) is 18.2 Å². The van der Waals surface area contributed by atoms with Gasteiger partial charge in [-0.25, -0.2) is 4.57 Å². The lowest BCUT2D eigenvalue weighted by molar-refractivity contribution is -0.660. The van der Waals surface area contributed by atoms with Crippen LogP contribution in [0.5, 0.6) is 0 Å². The number of furan rings is 1. The van der Waals surface area contributed by atoms with Gasteiger partial charge in [-0.2, -0.15) is 0 Å². The molecule has 2 aromatic heterocycles. The second-order valence-electron chi connectivity index (χ2n) is 13.1. The second kappa shape index (κ2) is 8.91. The number of hydrogen-bond acceptors (Lipinski definition) is 1. The Morgan fingerprint density at radius 1 is 0.805 bits per heavy atom. The van der Waals surface area contributed by atoms with Crippen LogP contribution in [0.4, 0.5) is 0 Å². The van der Waals surface area contributed by atoms with Crippen LogP contribution in [-0.2, 0) is 18.8 Å². The van der Waals surface area contributed by atoms with Crippen molar-refractivity contribution in [1.82, 2.24) is 0 Å². The molecule has 1 aliphatic carbocycles. The zero-order chi connectivity index (χ0) is 30.5. The Bertz CT molecular complexity index is 2070. The van der Waals surface area contributed by atoms with Crippen LogP contribution < -0.4 is 4.57 Å². The van der Waals surface area contributed by atoms with Crippen molar-refractivity contribution in [2.45, 2.75) is 53.3 Å². The highest BCUT2D eigenvalue weighted by Crippen LogP contribution is 2.53. The summed E-state index contributed by atoms with van der Waals surface area (Å²) in [5, 5.41) is 2.28. The molecule has 4 aromatic carbocycles. The predicted molar refractivity (Wildman–Crippen MR) is 171 cm³/mol. The maximum Gasteiger partial charge on any atom is 0.216 e. The van der Waals surface area contributed by atoms with Gasteiger partial charge < -0.3 is 4.42 Å². The quantitative estimate of drug-likeness (QED) is 0.205. The molecule has 2 nitrogen and oxygen atoms in total. The molecule has 0 amide bonds. The fraction of sp³-hybridized carbons (Fsp3) is 0.256. The number of hydrogen-bond donors (Lipinski definition) is 0. The minimum atomic E-state index is -1.43. The van der Waals surface area contributed by atoms with Gasteiger partial charge in [0.25, 0.3) is 0 Å². The summed E-state index contributed by atoms with van der Waals surface area (Å²) >= 11 is 0. The standard InChI is InChI=1S/C39H38NO/c1-24-12-17-30-31-19-18-29-28-10-8-9-11-32(28)39(5,6)35(29)37(31)41-36(30)34(24)33-22-27(20-21-40(33)7)26-15-13-25(14-16-26)23-38(2,3)4/h8-22H,23H2,1-7H3/q+1/i23D2. The third-order valence-corrected chi connectivity index (χ3v) is 8.68. The summed E-state index contributed by atoms with van der Waals surface area (Å²) in [5.74, 6) is 0. The topological polar surface area (TPSA) is 17.0 Å². The zero-order valence-corrected chi connectivity index (χ0v) is 25.0. The monoisotopic (exact) mass is 538 g/mol. The fourth-order valence-electron chi connectivity index (χ4n) is 6.74. The maximum absolute atomic E-state index is 8.68. The first-order chi connectivity index (χ1) is 20.3. The Labute approximate surface area is 246 Å². The third kappa shape index (κ3) is 4.03. The molecule has 41 heavy (non-hydrogen) atoms. The Hall–Kier alpha value is -4.17. The van der Waals surface area contributed by atoms with Gasteiger partial charge in [0.2, 0.25) is 5.69 Å². The van der Waals surface area contributed by atoms with E-state index in [2.05, 4.69) is 99.2 Å². The number of benzene rings is 4. The molecule has 0 fully saturated rings. The van der Waals surface area contributed by atoms with E-state index in [0.29, 0.717) is 5.56 Å². The van der Waals surface area contributed by atoms with Crippen LogP contribution in [-0.4, -0.2) is 0 Å². The van der Waals surface area contributed by atoms with E-state index in [-0.39, 0.29) is 5.41 Å². The lowest BCUT2D eigenvalue weighted by atomic mass is 9.82. The van der Waals surface area contributed by atoms with Crippen LogP contribution in [0.1, 0.15) is 59.6 Å². The van der Waals surface area contributed by atoms with E-state index < -0.39 is 11.8 Å². The normalized spacial score (nSPS) is 15.1. The molecule has 0 saturated heterocycles. The number of nitrogens with zero attached hydrogens (tertiary/aromatic N) is 1. The molecule has 0 aliphatic heterocycles. The van der Waals surface area contributed by atoms with E-state index in [1.165, 1.54) is 22.3 Å². The zero-order valence-electron chi connectivity index (χ0n) is 27.0. The minimum absolute atomic E-state index is 0.159. The molecule has 0 radical (unpaired) electrons. The van der Waals surface area contributed by atoms with Crippen molar-refractivity contribution in [3.05, 3.63) is 113 Å². The Morgan fingerprint density at radius 3 is 2.27 bits per heavy atom. The third-order valence-electron chi connectivity index (χ3n) is 8.68. The van der Waals surface area contributed by atoms with Gasteiger partial charge in [0, 0.05) is 36.6 Å². The van der Waals surface area contributed by atoms with Gasteiger partial charge in [0.05, 0.1) is 5.56 Å². The van der Waals surface area contributed by atoms with E-state index in [9.17, 15) is 0 Å². The maximum atomic E-state index is 8.68. The Kier molecular flexibility index (Phi) is 5.11. The summed E-state index contributed by atoms with van der Waals surface area (Å²) < 4.78 is 26.5. The number of rotatable bonds is 3. The van der Waals surface area contributed by atoms with Crippen molar-refractivity contribution in [2.24, 2.45) is 12.5 Å². The molecular weight excluding hydrogens is 498 g/mol. The lowest BCUT2D eigenvalue weighted by Gasteiger charge is -2.21. The van der Waals surface area contributed by atoms with Crippen molar-refractivity contribution in [1.29, 1.82) is 0 Å². The van der Waals surface area contributed by atoms with E-state index in [1.54, 1.807) is 0 Å². The fourth-order valence-corrected chi connectivity index (χ4v) is 6.74. The molecule has 7 rings (SSSR count). The van der Waals surface area contributed by atoms with Crippen molar-refractivity contribution in [2.75, 3.05) is 0 Å². The molecule has 6 aromatic rings. The van der Waals surface area contributed by atoms with Gasteiger partial charge in [-0.15, -0.1) is 0 Å². The van der Waals surface area contributed by atoms with Gasteiger partial charge in [-0.3, -0.25) is 0 Å². The number of aryl methyl sites for hydroxylation is 2. The summed E-state index contributed by atoms with van der Waals surface area (Å²) in [4.78, 5) is 0. The number of fused-ring (bicyclic) bond motifs is 7. The lowest BCUT2D eigenvalue weighted by Crippen LogP contribution is -2.30. The average molecular weight is 539 g/mol. The molecular formula is C39H38NO+. The van der Waals surface area contributed by atoms with Gasteiger partial charge in [-0.1, -0.05) is 101 Å². The van der Waals surface area contributed by atoms with Crippen LogP contribution >= 0.6 is 0 Å². The van der Waals surface area contributed by atoms with Crippen LogP contribution in [0.25, 0.3) is 55.4 Å². The highest BCUT2D eigenvalue weighted by Gasteiger charge is 2.38. The summed E-state index contributed by atoms with van der Waals surface area (Å²) in [6.07, 6.45) is 0.676. The molecule has 204 valence electrons. The molecule has 0 N–H and O–H groups in total. The van der Waals surface area contributed by atoms with E-state index >= 15 is 0 Å². The van der Waals surface area contributed by atoms with E-state index in [4.69, 9.17) is 7.16 Å². The van der Waals surface area contributed by atoms with Crippen LogP contribution in [0.2, 0.25) is 0 Å². The number of aromatic nitrogens is 1. The van der Waals surface area contributed by atoms with E-state index in [0.717, 1.165) is 49.9 Å². The SMILES string of the molecule is [2H]C([2H])(c1ccc(-c2cc[n+](C)c(-c3c(C)ccc4c3oc3c5c(ccc34)-c3ccccc3C5(C)C)c2)cc1)C(C)(C)C. The Balaban J connectivity index is 1.40. The first kappa shape index (κ1) is 23.5. The smallest absolute Gasteiger partial charge is 0.216 e. The predicted octanol–water partition coefficient (Wildman–Crippen LogP) is 9.95. The van der Waals surface area contributed by atoms with Gasteiger partial charge in [0.15, 0.2) is 6.20 Å². The van der Waals surface area contributed by atoms with Crippen molar-refractivity contribution in [3.63, 3.8) is 0 Å². The van der Waals surface area contributed by atoms with Gasteiger partial charge >= 0.3 is 0 Å². The first-order valence-corrected chi connectivity index (χ1v) is 14.5. The van der Waals surface area contributed by atoms with Gasteiger partial charge in [-0.05, 0) is 63.7 Å². The first-order valence-electron chi connectivity index (χ1n) is 15.5. The molecule has 2 heterocycles. The summed E-state index contributed by atoms with van der Waals surface area (Å²) in [7, 11) is 2.08. The summed E-state index contributed by atoms with van der Waals surface area (Å²) in [6.45, 7) is 12.6.